The normalized spacial score (nSPS) is 11.7. The number of aryl methyl sites for hydroxylation is 4. The minimum atomic E-state index is -3.63. The van der Waals surface area contributed by atoms with Crippen LogP contribution in [-0.4, -0.2) is 51.0 Å². The van der Waals surface area contributed by atoms with E-state index in [4.69, 9.17) is 0 Å². The average molecular weight is 390 g/mol. The van der Waals surface area contributed by atoms with Crippen molar-refractivity contribution in [3.05, 3.63) is 41.6 Å². The molecule has 3 heterocycles. The summed E-state index contributed by atoms with van der Waals surface area (Å²) in [4.78, 5) is 4.03. The molecule has 0 spiro atoms. The van der Waals surface area contributed by atoms with Crippen LogP contribution in [0, 0.1) is 20.8 Å². The van der Waals surface area contributed by atoms with Crippen LogP contribution < -0.4 is 10.0 Å². The van der Waals surface area contributed by atoms with Crippen LogP contribution in [-0.2, 0) is 17.1 Å². The van der Waals surface area contributed by atoms with Gasteiger partial charge in [-0.2, -0.15) is 5.10 Å². The molecular weight excluding hydrogens is 368 g/mol. The van der Waals surface area contributed by atoms with Crippen molar-refractivity contribution < 1.29 is 8.42 Å². The molecule has 3 aromatic rings. The van der Waals surface area contributed by atoms with Crippen LogP contribution >= 0.6 is 0 Å². The van der Waals surface area contributed by atoms with Gasteiger partial charge in [-0.05, 0) is 39.0 Å². The van der Waals surface area contributed by atoms with Crippen molar-refractivity contribution in [3.8, 4) is 5.82 Å². The third kappa shape index (κ3) is 4.31. The van der Waals surface area contributed by atoms with Crippen molar-refractivity contribution in [3.63, 3.8) is 0 Å². The second kappa shape index (κ2) is 7.45. The molecule has 2 N–H and O–H groups in total. The number of hydrogen-bond donors (Lipinski definition) is 2. The molecule has 0 aromatic carbocycles. The molecule has 0 bridgehead atoms. The standard InChI is InChI=1S/C16H22N8O2S/c1-11-9-12(2)24(22-11)15-6-5-14(20-21-15)17-7-8-18-27(25,26)16-10-23(4)13(3)19-16/h5-6,9-10,18H,7-8H2,1-4H3,(H,17,20). The summed E-state index contributed by atoms with van der Waals surface area (Å²) in [5, 5.41) is 15.6. The molecule has 3 aromatic heterocycles. The maximum absolute atomic E-state index is 12.2. The number of nitrogens with one attached hydrogen (secondary N) is 2. The highest BCUT2D eigenvalue weighted by Gasteiger charge is 2.17. The lowest BCUT2D eigenvalue weighted by Crippen LogP contribution is -2.29. The van der Waals surface area contributed by atoms with Gasteiger partial charge in [-0.3, -0.25) is 0 Å². The van der Waals surface area contributed by atoms with E-state index in [9.17, 15) is 8.42 Å². The fourth-order valence-corrected chi connectivity index (χ4v) is 3.57. The summed E-state index contributed by atoms with van der Waals surface area (Å²) >= 11 is 0. The Labute approximate surface area is 157 Å². The number of anilines is 1. The van der Waals surface area contributed by atoms with Gasteiger partial charge in [-0.1, -0.05) is 0 Å². The summed E-state index contributed by atoms with van der Waals surface area (Å²) in [6.45, 7) is 6.16. The van der Waals surface area contributed by atoms with E-state index in [1.54, 1.807) is 35.4 Å². The van der Waals surface area contributed by atoms with Crippen LogP contribution in [0.4, 0.5) is 5.82 Å². The first-order valence-corrected chi connectivity index (χ1v) is 9.85. The first kappa shape index (κ1) is 19.0. The Morgan fingerprint density at radius 2 is 1.89 bits per heavy atom. The summed E-state index contributed by atoms with van der Waals surface area (Å²) in [6, 6.07) is 5.54. The summed E-state index contributed by atoms with van der Waals surface area (Å²) in [5.41, 5.74) is 1.88. The van der Waals surface area contributed by atoms with E-state index in [1.165, 1.54) is 6.20 Å². The summed E-state index contributed by atoms with van der Waals surface area (Å²) in [5.74, 6) is 1.80. The van der Waals surface area contributed by atoms with E-state index in [2.05, 4.69) is 30.3 Å². The first-order valence-electron chi connectivity index (χ1n) is 8.37. The molecule has 10 nitrogen and oxygen atoms in total. The molecule has 144 valence electrons. The molecule has 0 aliphatic carbocycles. The molecular formula is C16H22N8O2S. The second-order valence-corrected chi connectivity index (χ2v) is 7.89. The smallest absolute Gasteiger partial charge is 0.259 e. The lowest BCUT2D eigenvalue weighted by atomic mass is 10.4. The van der Waals surface area contributed by atoms with Gasteiger partial charge >= 0.3 is 0 Å². The zero-order valence-corrected chi connectivity index (χ0v) is 16.4. The van der Waals surface area contributed by atoms with Crippen LogP contribution in [0.3, 0.4) is 0 Å². The summed E-state index contributed by atoms with van der Waals surface area (Å²) < 4.78 is 30.3. The van der Waals surface area contributed by atoms with Crippen LogP contribution in [0.15, 0.2) is 29.4 Å². The Kier molecular flexibility index (Phi) is 5.24. The van der Waals surface area contributed by atoms with Crippen LogP contribution in [0.1, 0.15) is 17.2 Å². The van der Waals surface area contributed by atoms with Crippen molar-refractivity contribution in [1.29, 1.82) is 0 Å². The van der Waals surface area contributed by atoms with Crippen molar-refractivity contribution in [2.75, 3.05) is 18.4 Å². The number of rotatable bonds is 7. The number of sulfonamides is 1. The number of nitrogens with zero attached hydrogens (tertiary/aromatic N) is 6. The van der Waals surface area contributed by atoms with Gasteiger partial charge in [0.2, 0.25) is 0 Å². The minimum absolute atomic E-state index is 0.0107. The van der Waals surface area contributed by atoms with Crippen molar-refractivity contribution in [2.45, 2.75) is 25.8 Å². The van der Waals surface area contributed by atoms with Crippen molar-refractivity contribution in [1.82, 2.24) is 34.3 Å². The Bertz CT molecular complexity index is 1020. The fourth-order valence-electron chi connectivity index (χ4n) is 2.50. The topological polar surface area (TPSA) is 120 Å². The lowest BCUT2D eigenvalue weighted by molar-refractivity contribution is 0.579. The number of hydrogen-bond acceptors (Lipinski definition) is 7. The SMILES string of the molecule is Cc1cc(C)n(-c2ccc(NCCNS(=O)(=O)c3cn(C)c(C)n3)nn2)n1. The van der Waals surface area contributed by atoms with Crippen LogP contribution in [0.2, 0.25) is 0 Å². The van der Waals surface area contributed by atoms with E-state index in [1.807, 2.05) is 19.9 Å². The first-order chi connectivity index (χ1) is 12.8. The van der Waals surface area contributed by atoms with E-state index < -0.39 is 10.0 Å². The molecule has 0 aliphatic rings. The Morgan fingerprint density at radius 3 is 2.44 bits per heavy atom. The molecule has 11 heteroatoms. The quantitative estimate of drug-likeness (QED) is 0.570. The molecule has 0 atom stereocenters. The van der Waals surface area contributed by atoms with E-state index >= 15 is 0 Å². The van der Waals surface area contributed by atoms with Gasteiger partial charge in [-0.25, -0.2) is 22.8 Å². The molecule has 0 saturated carbocycles. The van der Waals surface area contributed by atoms with Crippen LogP contribution in [0.25, 0.3) is 5.82 Å². The molecule has 0 fully saturated rings. The van der Waals surface area contributed by atoms with E-state index in [-0.39, 0.29) is 11.6 Å². The third-order valence-corrected chi connectivity index (χ3v) is 5.29. The zero-order valence-electron chi connectivity index (χ0n) is 15.6. The van der Waals surface area contributed by atoms with E-state index in [0.717, 1.165) is 11.4 Å². The highest BCUT2D eigenvalue weighted by molar-refractivity contribution is 7.89. The second-order valence-electron chi connectivity index (χ2n) is 6.18. The van der Waals surface area contributed by atoms with Gasteiger partial charge in [0.1, 0.15) is 11.6 Å². The van der Waals surface area contributed by atoms with Gasteiger partial charge in [0.25, 0.3) is 10.0 Å². The predicted molar refractivity (Wildman–Crippen MR) is 100 cm³/mol. The van der Waals surface area contributed by atoms with Gasteiger partial charge in [0.15, 0.2) is 10.8 Å². The average Bonchev–Trinajstić information content (AvgIpc) is 3.14. The van der Waals surface area contributed by atoms with Gasteiger partial charge in [0, 0.05) is 32.0 Å². The Hall–Kier alpha value is -2.79. The predicted octanol–water partition coefficient (Wildman–Crippen LogP) is 0.711. The molecule has 27 heavy (non-hydrogen) atoms. The van der Waals surface area contributed by atoms with Crippen molar-refractivity contribution in [2.24, 2.45) is 7.05 Å². The monoisotopic (exact) mass is 390 g/mol. The number of imidazole rings is 1. The third-order valence-electron chi connectivity index (χ3n) is 3.96. The number of aromatic nitrogens is 6. The zero-order chi connectivity index (χ0) is 19.6. The van der Waals surface area contributed by atoms with Crippen molar-refractivity contribution >= 4 is 15.8 Å². The summed E-state index contributed by atoms with van der Waals surface area (Å²) in [6.07, 6.45) is 1.48. The maximum atomic E-state index is 12.2. The molecule has 0 saturated heterocycles. The van der Waals surface area contributed by atoms with E-state index in [0.29, 0.717) is 24.0 Å². The van der Waals surface area contributed by atoms with Gasteiger partial charge in [-0.15, -0.1) is 10.2 Å². The Morgan fingerprint density at radius 1 is 1.11 bits per heavy atom. The molecule has 0 amide bonds. The molecule has 0 unspecified atom stereocenters. The Balaban J connectivity index is 1.54. The minimum Gasteiger partial charge on any atom is -0.367 e. The molecule has 0 aliphatic heterocycles. The van der Waals surface area contributed by atoms with Gasteiger partial charge in [0.05, 0.1) is 5.69 Å². The molecule has 0 radical (unpaired) electrons. The van der Waals surface area contributed by atoms with Crippen LogP contribution in [0.5, 0.6) is 0 Å². The summed E-state index contributed by atoms with van der Waals surface area (Å²) in [7, 11) is -1.88. The highest BCUT2D eigenvalue weighted by atomic mass is 32.2. The highest BCUT2D eigenvalue weighted by Crippen LogP contribution is 2.10. The maximum Gasteiger partial charge on any atom is 0.259 e. The molecule has 3 rings (SSSR count). The fraction of sp³-hybridized carbons (Fsp3) is 0.375. The van der Waals surface area contributed by atoms with Gasteiger partial charge < -0.3 is 9.88 Å². The largest absolute Gasteiger partial charge is 0.367 e. The lowest BCUT2D eigenvalue weighted by Gasteiger charge is -2.07.